The van der Waals surface area contributed by atoms with E-state index in [4.69, 9.17) is 15.2 Å². The Balaban J connectivity index is 1.83. The lowest BCUT2D eigenvalue weighted by Gasteiger charge is -2.25. The van der Waals surface area contributed by atoms with E-state index in [2.05, 4.69) is 20.3 Å². The van der Waals surface area contributed by atoms with Crippen LogP contribution in [0, 0.1) is 5.92 Å². The molecule has 174 valence electrons. The number of aromatic nitrogens is 3. The first kappa shape index (κ1) is 23.5. The zero-order chi connectivity index (χ0) is 23.1. The third-order valence-electron chi connectivity index (χ3n) is 5.02. The predicted molar refractivity (Wildman–Crippen MR) is 111 cm³/mol. The number of nitrogens with one attached hydrogen (secondary N) is 1. The summed E-state index contributed by atoms with van der Waals surface area (Å²) in [5.74, 6) is 0.736. The number of halogens is 3. The van der Waals surface area contributed by atoms with Gasteiger partial charge in [0.1, 0.15) is 17.7 Å². The fourth-order valence-electron chi connectivity index (χ4n) is 3.31. The van der Waals surface area contributed by atoms with Gasteiger partial charge in [-0.3, -0.25) is 4.98 Å². The highest BCUT2D eigenvalue weighted by Gasteiger charge is 2.32. The zero-order valence-electron chi connectivity index (χ0n) is 17.6. The first-order valence-corrected chi connectivity index (χ1v) is 10.1. The van der Waals surface area contributed by atoms with Gasteiger partial charge >= 0.3 is 12.2 Å². The van der Waals surface area contributed by atoms with E-state index in [0.29, 0.717) is 49.1 Å². The molecule has 1 aliphatic rings. The molecule has 0 saturated carbocycles. The quantitative estimate of drug-likeness (QED) is 0.552. The smallest absolute Gasteiger partial charge is 0.433 e. The summed E-state index contributed by atoms with van der Waals surface area (Å²) in [4.78, 5) is 24.9. The van der Waals surface area contributed by atoms with Crippen LogP contribution in [-0.2, 0) is 22.3 Å². The summed E-state index contributed by atoms with van der Waals surface area (Å²) in [6.07, 6.45) is -1.01. The molecule has 0 aliphatic carbocycles. The Bertz CT molecular complexity index is 905. The van der Waals surface area contributed by atoms with E-state index in [-0.39, 0.29) is 24.9 Å². The van der Waals surface area contributed by atoms with E-state index in [9.17, 15) is 18.0 Å². The minimum Gasteiger partial charge on any atom is -0.463 e. The monoisotopic (exact) mass is 454 g/mol. The highest BCUT2D eigenvalue weighted by Crippen LogP contribution is 2.32. The number of pyridine rings is 1. The molecule has 3 heterocycles. The first-order chi connectivity index (χ1) is 15.3. The maximum Gasteiger partial charge on any atom is 0.433 e. The number of carbonyl (C=O) groups excluding carboxylic acids is 1. The van der Waals surface area contributed by atoms with E-state index in [1.165, 1.54) is 6.07 Å². The number of nitrogen functional groups attached to an aromatic ring is 1. The van der Waals surface area contributed by atoms with Crippen molar-refractivity contribution in [3.8, 4) is 6.01 Å². The highest BCUT2D eigenvalue weighted by molar-refractivity contribution is 5.78. The average Bonchev–Trinajstić information content (AvgIpc) is 2.77. The number of aldehydes is 1. The van der Waals surface area contributed by atoms with Crippen LogP contribution in [0.4, 0.5) is 30.5 Å². The van der Waals surface area contributed by atoms with Gasteiger partial charge in [0.15, 0.2) is 11.6 Å². The molecule has 1 aliphatic heterocycles. The van der Waals surface area contributed by atoms with Gasteiger partial charge in [-0.05, 0) is 30.4 Å². The predicted octanol–water partition coefficient (Wildman–Crippen LogP) is 2.53. The second-order valence-electron chi connectivity index (χ2n) is 7.30. The topological polar surface area (TPSA) is 115 Å². The van der Waals surface area contributed by atoms with Gasteiger partial charge in [-0.25, -0.2) is 0 Å². The van der Waals surface area contributed by atoms with Crippen LogP contribution >= 0.6 is 0 Å². The molecule has 0 radical (unpaired) electrons. The van der Waals surface area contributed by atoms with E-state index in [1.54, 1.807) is 11.9 Å². The second-order valence-corrected chi connectivity index (χ2v) is 7.30. The van der Waals surface area contributed by atoms with Gasteiger partial charge in [-0.15, -0.1) is 0 Å². The molecule has 2 aromatic heterocycles. The van der Waals surface area contributed by atoms with Crippen molar-refractivity contribution < 1.29 is 27.4 Å². The molecule has 0 atom stereocenters. The van der Waals surface area contributed by atoms with Crippen molar-refractivity contribution in [3.63, 3.8) is 0 Å². The van der Waals surface area contributed by atoms with Crippen molar-refractivity contribution >= 4 is 23.6 Å². The molecular weight excluding hydrogens is 429 g/mol. The van der Waals surface area contributed by atoms with Crippen LogP contribution in [0.15, 0.2) is 18.3 Å². The molecule has 3 N–H and O–H groups in total. The first-order valence-electron chi connectivity index (χ1n) is 10.1. The maximum atomic E-state index is 12.8. The summed E-state index contributed by atoms with van der Waals surface area (Å²) in [5, 5.41) is 2.91. The summed E-state index contributed by atoms with van der Waals surface area (Å²) in [5.41, 5.74) is 5.92. The number of anilines is 3. The molecule has 0 amide bonds. The van der Waals surface area contributed by atoms with Crippen LogP contribution in [0.1, 0.15) is 24.1 Å². The van der Waals surface area contributed by atoms with Crippen molar-refractivity contribution in [2.45, 2.75) is 25.6 Å². The number of ether oxygens (including phenoxy) is 2. The minimum absolute atomic E-state index is 0.0597. The summed E-state index contributed by atoms with van der Waals surface area (Å²) in [6, 6.07) is 2.26. The van der Waals surface area contributed by atoms with Gasteiger partial charge in [0, 0.05) is 33.0 Å². The average molecular weight is 454 g/mol. The van der Waals surface area contributed by atoms with Gasteiger partial charge in [0.05, 0.1) is 13.2 Å². The van der Waals surface area contributed by atoms with Crippen LogP contribution in [0.2, 0.25) is 0 Å². The lowest BCUT2D eigenvalue weighted by Crippen LogP contribution is -2.28. The summed E-state index contributed by atoms with van der Waals surface area (Å²) in [7, 11) is 1.62. The standard InChI is InChI=1S/C20H25F3N6O3/c1-25-16-17(24)27-19(32-12-13-4-8-31-9-5-13)28-18(16)29(6-7-30)11-14-2-3-15(26-10-14)20(21,22)23/h2-3,7,10,13,25H,4-6,8-9,11-12H2,1H3,(H2,24,27,28). The number of hydrogen-bond acceptors (Lipinski definition) is 9. The summed E-state index contributed by atoms with van der Waals surface area (Å²) in [6.45, 7) is 1.75. The third kappa shape index (κ3) is 5.96. The lowest BCUT2D eigenvalue weighted by molar-refractivity contribution is -0.141. The van der Waals surface area contributed by atoms with Gasteiger partial charge in [-0.1, -0.05) is 6.07 Å². The van der Waals surface area contributed by atoms with Crippen LogP contribution in [0.5, 0.6) is 6.01 Å². The molecule has 0 aromatic carbocycles. The summed E-state index contributed by atoms with van der Waals surface area (Å²) < 4.78 is 49.4. The third-order valence-corrected chi connectivity index (χ3v) is 5.02. The van der Waals surface area contributed by atoms with Gasteiger partial charge in [0.2, 0.25) is 0 Å². The number of hydrogen-bond donors (Lipinski definition) is 2. The van der Waals surface area contributed by atoms with Gasteiger partial charge in [-0.2, -0.15) is 23.1 Å². The Morgan fingerprint density at radius 1 is 1.31 bits per heavy atom. The number of carbonyl (C=O) groups is 1. The molecule has 0 spiro atoms. The minimum atomic E-state index is -4.53. The van der Waals surface area contributed by atoms with Crippen LogP contribution in [0.3, 0.4) is 0 Å². The molecular formula is C20H25F3N6O3. The molecule has 1 fully saturated rings. The number of rotatable bonds is 9. The van der Waals surface area contributed by atoms with E-state index in [1.807, 2.05) is 0 Å². The fraction of sp³-hybridized carbons (Fsp3) is 0.500. The van der Waals surface area contributed by atoms with Crippen molar-refractivity contribution in [1.82, 2.24) is 15.0 Å². The molecule has 1 saturated heterocycles. The van der Waals surface area contributed by atoms with Gasteiger partial charge in [0.25, 0.3) is 0 Å². The van der Waals surface area contributed by atoms with Crippen molar-refractivity contribution in [2.75, 3.05) is 49.4 Å². The number of alkyl halides is 3. The lowest BCUT2D eigenvalue weighted by atomic mass is 10.0. The highest BCUT2D eigenvalue weighted by atomic mass is 19.4. The van der Waals surface area contributed by atoms with Gasteiger partial charge < -0.3 is 30.2 Å². The fourth-order valence-corrected chi connectivity index (χ4v) is 3.31. The number of nitrogens with two attached hydrogens (primary N) is 1. The molecule has 32 heavy (non-hydrogen) atoms. The van der Waals surface area contributed by atoms with Crippen LogP contribution in [-0.4, -0.2) is 54.7 Å². The number of nitrogens with zero attached hydrogens (tertiary/aromatic N) is 4. The zero-order valence-corrected chi connectivity index (χ0v) is 17.6. The van der Waals surface area contributed by atoms with E-state index >= 15 is 0 Å². The van der Waals surface area contributed by atoms with Crippen molar-refractivity contribution in [3.05, 3.63) is 29.6 Å². The molecule has 12 heteroatoms. The molecule has 0 unspecified atom stereocenters. The van der Waals surface area contributed by atoms with Crippen molar-refractivity contribution in [1.29, 1.82) is 0 Å². The van der Waals surface area contributed by atoms with E-state index in [0.717, 1.165) is 25.1 Å². The Labute approximate surface area is 183 Å². The van der Waals surface area contributed by atoms with Crippen LogP contribution < -0.4 is 20.7 Å². The molecule has 9 nitrogen and oxygen atoms in total. The molecule has 0 bridgehead atoms. The molecule has 2 aromatic rings. The Morgan fingerprint density at radius 3 is 2.66 bits per heavy atom. The Kier molecular flexibility index (Phi) is 7.67. The Morgan fingerprint density at radius 2 is 2.06 bits per heavy atom. The largest absolute Gasteiger partial charge is 0.463 e. The van der Waals surface area contributed by atoms with E-state index < -0.39 is 11.9 Å². The summed E-state index contributed by atoms with van der Waals surface area (Å²) >= 11 is 0. The normalized spacial score (nSPS) is 14.8. The Hall–Kier alpha value is -3.15. The second kappa shape index (κ2) is 10.4. The van der Waals surface area contributed by atoms with Crippen LogP contribution in [0.25, 0.3) is 0 Å². The maximum absolute atomic E-state index is 12.8. The SMILES string of the molecule is CNc1c(N)nc(OCC2CCOCC2)nc1N(CC=O)Cc1ccc(C(F)(F)F)nc1. The van der Waals surface area contributed by atoms with Crippen molar-refractivity contribution in [2.24, 2.45) is 5.92 Å². The molecule has 3 rings (SSSR count).